The lowest BCUT2D eigenvalue weighted by Crippen LogP contribution is -2.57. The highest BCUT2D eigenvalue weighted by molar-refractivity contribution is 5.97. The zero-order valence-corrected chi connectivity index (χ0v) is 33.1. The van der Waals surface area contributed by atoms with Crippen LogP contribution in [0.1, 0.15) is 55.3 Å². The molecule has 0 unspecified atom stereocenters. The lowest BCUT2D eigenvalue weighted by molar-refractivity contribution is -0.135. The number of nitrogens with one attached hydrogen (secondary N) is 7. The number of amides is 6. The molecule has 0 aliphatic carbocycles. The molecule has 0 saturated carbocycles. The highest BCUT2D eigenvalue weighted by Gasteiger charge is 2.33. The molecule has 5 rings (SSSR count). The van der Waals surface area contributed by atoms with Crippen molar-refractivity contribution < 1.29 is 33.6 Å². The molecule has 60 heavy (non-hydrogen) atoms. The number of nitrogens with two attached hydrogens (primary N) is 3. The molecule has 1 aliphatic rings. The maximum Gasteiger partial charge on any atom is 0.243 e. The Morgan fingerprint density at radius 2 is 1.53 bits per heavy atom. The molecule has 318 valence electrons. The SMILES string of the molecule is NC(=O)[C@H](Cc1c[nH]c2ccccc12)NC(=O)[C@@H]1CCNC(=O)CCC(=O)N[C@@H](Cc2cnc[nH]2)C(=O)N[C@H](Cc2ccccc2)C(=O)N[C@@H](CCCN=C(N)N)C(=O)C1. The number of imidazole rings is 1. The maximum atomic E-state index is 14.3. The molecule has 19 heteroatoms. The zero-order valence-electron chi connectivity index (χ0n) is 33.1. The maximum absolute atomic E-state index is 14.3. The van der Waals surface area contributed by atoms with Crippen molar-refractivity contribution in [3.8, 4) is 0 Å². The number of hydrogen-bond acceptors (Lipinski definition) is 9. The summed E-state index contributed by atoms with van der Waals surface area (Å²) >= 11 is 0. The fourth-order valence-corrected chi connectivity index (χ4v) is 6.96. The Kier molecular flexibility index (Phi) is 15.9. The number of nitrogens with zero attached hydrogens (tertiary/aromatic N) is 2. The van der Waals surface area contributed by atoms with Crippen molar-refractivity contribution in [3.63, 3.8) is 0 Å². The van der Waals surface area contributed by atoms with Gasteiger partial charge in [0.05, 0.1) is 12.4 Å². The summed E-state index contributed by atoms with van der Waals surface area (Å²) in [4.78, 5) is 109. The van der Waals surface area contributed by atoms with E-state index in [9.17, 15) is 33.6 Å². The van der Waals surface area contributed by atoms with Crippen molar-refractivity contribution in [2.45, 2.75) is 82.0 Å². The highest BCUT2D eigenvalue weighted by Crippen LogP contribution is 2.20. The van der Waals surface area contributed by atoms with Crippen LogP contribution in [0.2, 0.25) is 0 Å². The Labute approximate surface area is 345 Å². The molecule has 1 saturated heterocycles. The normalized spacial score (nSPS) is 20.4. The molecule has 1 aliphatic heterocycles. The number of rotatable bonds is 13. The number of aromatic nitrogens is 3. The number of ketones is 1. The minimum Gasteiger partial charge on any atom is -0.370 e. The molecular weight excluding hydrogens is 773 g/mol. The van der Waals surface area contributed by atoms with Gasteiger partial charge in [0.25, 0.3) is 0 Å². The minimum absolute atomic E-state index is 0.00279. The molecule has 19 nitrogen and oxygen atoms in total. The van der Waals surface area contributed by atoms with Gasteiger partial charge < -0.3 is 53.8 Å². The van der Waals surface area contributed by atoms with Crippen molar-refractivity contribution in [1.82, 2.24) is 41.5 Å². The fraction of sp³-hybridized carbons (Fsp3) is 0.390. The number of H-pyrrole nitrogens is 2. The van der Waals surface area contributed by atoms with E-state index in [0.29, 0.717) is 11.3 Å². The highest BCUT2D eigenvalue weighted by atomic mass is 16.2. The van der Waals surface area contributed by atoms with Gasteiger partial charge in [0.15, 0.2) is 11.7 Å². The number of aromatic amines is 2. The van der Waals surface area contributed by atoms with Gasteiger partial charge in [0.2, 0.25) is 35.4 Å². The summed E-state index contributed by atoms with van der Waals surface area (Å²) in [5.74, 6) is -5.72. The van der Waals surface area contributed by atoms with Gasteiger partial charge in [0.1, 0.15) is 18.1 Å². The number of guanidine groups is 1. The van der Waals surface area contributed by atoms with Gasteiger partial charge in [-0.2, -0.15) is 0 Å². The molecule has 3 heterocycles. The first-order valence-electron chi connectivity index (χ1n) is 19.8. The van der Waals surface area contributed by atoms with E-state index in [0.717, 1.165) is 16.5 Å². The number of carbonyl (C=O) groups is 7. The standard InChI is InChI=1S/C41H52N12O7/c42-37(57)31(18-26-21-48-29-10-5-4-9-28(26)29)52-38(58)25-14-16-46-35(55)12-13-36(56)50-33(20-27-22-45-23-49-27)40(60)53-32(17-24-7-2-1-3-8-24)39(59)51-30(34(54)19-25)11-6-15-47-41(43)44/h1-5,7-10,21-23,25,30-33,48H,6,11-20H2,(H2,42,57)(H,45,49)(H,46,55)(H,50,56)(H,51,59)(H,52,58)(H,53,60)(H4,43,44,47)/t25-,30+,31+,32-,33+/m1/s1. The fourth-order valence-electron chi connectivity index (χ4n) is 6.96. The average Bonchev–Trinajstić information content (AvgIpc) is 3.90. The Hall–Kier alpha value is -7.05. The van der Waals surface area contributed by atoms with E-state index in [4.69, 9.17) is 17.2 Å². The summed E-state index contributed by atoms with van der Waals surface area (Å²) in [5.41, 5.74) is 19.6. The van der Waals surface area contributed by atoms with Crippen LogP contribution in [0.5, 0.6) is 0 Å². The second-order valence-corrected chi connectivity index (χ2v) is 14.7. The summed E-state index contributed by atoms with van der Waals surface area (Å²) in [6.45, 7) is 0.0618. The third-order valence-corrected chi connectivity index (χ3v) is 10.2. The largest absolute Gasteiger partial charge is 0.370 e. The van der Waals surface area contributed by atoms with E-state index >= 15 is 0 Å². The quantitative estimate of drug-likeness (QED) is 0.0458. The van der Waals surface area contributed by atoms with Crippen molar-refractivity contribution in [3.05, 3.63) is 90.1 Å². The average molecular weight is 825 g/mol. The van der Waals surface area contributed by atoms with E-state index < -0.39 is 77.7 Å². The van der Waals surface area contributed by atoms with Crippen molar-refractivity contribution >= 4 is 58.1 Å². The second kappa shape index (κ2) is 21.6. The molecular formula is C41H52N12O7. The van der Waals surface area contributed by atoms with E-state index in [1.807, 2.05) is 24.3 Å². The van der Waals surface area contributed by atoms with Crippen LogP contribution < -0.4 is 43.8 Å². The van der Waals surface area contributed by atoms with Gasteiger partial charge in [-0.15, -0.1) is 0 Å². The number of aliphatic imine (C=N–C) groups is 1. The molecule has 6 amide bonds. The zero-order chi connectivity index (χ0) is 43.0. The first kappa shape index (κ1) is 44.1. The smallest absolute Gasteiger partial charge is 0.243 e. The van der Waals surface area contributed by atoms with E-state index in [-0.39, 0.29) is 70.4 Å². The van der Waals surface area contributed by atoms with Gasteiger partial charge in [-0.3, -0.25) is 38.6 Å². The number of carbonyl (C=O) groups excluding carboxylic acids is 7. The molecule has 1 fully saturated rings. The van der Waals surface area contributed by atoms with Gasteiger partial charge in [-0.05, 0) is 36.5 Å². The van der Waals surface area contributed by atoms with Crippen LogP contribution in [0.15, 0.2) is 78.3 Å². The number of Topliss-reactive ketones (excluding diaryl/α,β-unsaturated/α-hetero) is 1. The number of fused-ring (bicyclic) bond motifs is 1. The lowest BCUT2D eigenvalue weighted by Gasteiger charge is -2.27. The monoisotopic (exact) mass is 824 g/mol. The minimum atomic E-state index is -1.22. The predicted molar refractivity (Wildman–Crippen MR) is 221 cm³/mol. The molecule has 2 aromatic carbocycles. The van der Waals surface area contributed by atoms with E-state index in [1.165, 1.54) is 12.5 Å². The summed E-state index contributed by atoms with van der Waals surface area (Å²) < 4.78 is 0. The van der Waals surface area contributed by atoms with Crippen molar-refractivity contribution in [2.75, 3.05) is 13.1 Å². The summed E-state index contributed by atoms with van der Waals surface area (Å²) in [5, 5.41) is 14.5. The van der Waals surface area contributed by atoms with Crippen LogP contribution in [0.3, 0.4) is 0 Å². The Morgan fingerprint density at radius 1 is 0.833 bits per heavy atom. The van der Waals surface area contributed by atoms with Crippen LogP contribution in [-0.4, -0.2) is 99.4 Å². The van der Waals surface area contributed by atoms with Gasteiger partial charge in [0, 0.05) is 86.5 Å². The summed E-state index contributed by atoms with van der Waals surface area (Å²) in [7, 11) is 0. The topological polar surface area (TPSA) is 315 Å². The van der Waals surface area contributed by atoms with E-state index in [2.05, 4.69) is 46.5 Å². The molecule has 0 spiro atoms. The van der Waals surface area contributed by atoms with Crippen molar-refractivity contribution in [1.29, 1.82) is 0 Å². The molecule has 5 atom stereocenters. The molecule has 2 aromatic heterocycles. The Morgan fingerprint density at radius 3 is 2.25 bits per heavy atom. The van der Waals surface area contributed by atoms with Gasteiger partial charge in [-0.25, -0.2) is 4.98 Å². The van der Waals surface area contributed by atoms with Gasteiger partial charge >= 0.3 is 0 Å². The van der Waals surface area contributed by atoms with Crippen LogP contribution in [0.4, 0.5) is 0 Å². The first-order valence-corrected chi connectivity index (χ1v) is 19.8. The Balaban J connectivity index is 1.43. The van der Waals surface area contributed by atoms with Gasteiger partial charge in [-0.1, -0.05) is 48.5 Å². The third kappa shape index (κ3) is 13.2. The molecule has 13 N–H and O–H groups in total. The number of para-hydroxylation sites is 1. The van der Waals surface area contributed by atoms with E-state index in [1.54, 1.807) is 36.5 Å². The molecule has 4 aromatic rings. The predicted octanol–water partition coefficient (Wildman–Crippen LogP) is -0.727. The molecule has 0 radical (unpaired) electrons. The summed E-state index contributed by atoms with van der Waals surface area (Å²) in [6.07, 6.45) is 4.07. The van der Waals surface area contributed by atoms with Crippen LogP contribution in [0.25, 0.3) is 10.9 Å². The van der Waals surface area contributed by atoms with Crippen molar-refractivity contribution in [2.24, 2.45) is 28.1 Å². The van der Waals surface area contributed by atoms with Crippen LogP contribution in [0, 0.1) is 5.92 Å². The lowest BCUT2D eigenvalue weighted by atomic mass is 9.92. The molecule has 0 bridgehead atoms. The van der Waals surface area contributed by atoms with Crippen LogP contribution >= 0.6 is 0 Å². The first-order chi connectivity index (χ1) is 28.9. The van der Waals surface area contributed by atoms with Crippen LogP contribution in [-0.2, 0) is 52.8 Å². The summed E-state index contributed by atoms with van der Waals surface area (Å²) in [6, 6.07) is 11.6. The number of hydrogen-bond donors (Lipinski definition) is 10. The number of benzene rings is 2. The Bertz CT molecular complexity index is 2150. The third-order valence-electron chi connectivity index (χ3n) is 10.2. The number of primary amides is 1. The second-order valence-electron chi connectivity index (χ2n) is 14.7.